The Morgan fingerprint density at radius 2 is 2.00 bits per heavy atom. The van der Waals surface area contributed by atoms with Crippen molar-refractivity contribution in [3.05, 3.63) is 71.6 Å². The zero-order valence-electron chi connectivity index (χ0n) is 17.2. The SMILES string of the molecule is Cc1ccc(-n2ncc3c2CC(C)(C)C[C@@H]3NC(=O)CCc2cnccn2)cc1. The molecular weight excluding hydrogens is 362 g/mol. The predicted molar refractivity (Wildman–Crippen MR) is 112 cm³/mol. The number of carbonyl (C=O) groups excluding carboxylic acids is 1. The average Bonchev–Trinajstić information content (AvgIpc) is 3.10. The molecule has 0 saturated carbocycles. The van der Waals surface area contributed by atoms with Crippen molar-refractivity contribution in [3.63, 3.8) is 0 Å². The van der Waals surface area contributed by atoms with Crippen molar-refractivity contribution in [1.82, 2.24) is 25.1 Å². The van der Waals surface area contributed by atoms with Gasteiger partial charge in [-0.3, -0.25) is 14.8 Å². The number of fused-ring (bicyclic) bond motifs is 1. The molecule has 2 aromatic heterocycles. The number of nitrogens with zero attached hydrogens (tertiary/aromatic N) is 4. The van der Waals surface area contributed by atoms with Gasteiger partial charge in [-0.1, -0.05) is 31.5 Å². The lowest BCUT2D eigenvalue weighted by atomic mass is 9.74. The summed E-state index contributed by atoms with van der Waals surface area (Å²) in [5, 5.41) is 7.90. The number of hydrogen-bond acceptors (Lipinski definition) is 4. The molecule has 0 saturated heterocycles. The first-order valence-electron chi connectivity index (χ1n) is 10.1. The summed E-state index contributed by atoms with van der Waals surface area (Å²) in [5.74, 6) is 0.0346. The number of aryl methyl sites for hydroxylation is 2. The summed E-state index contributed by atoms with van der Waals surface area (Å²) in [6, 6.07) is 8.37. The summed E-state index contributed by atoms with van der Waals surface area (Å²) in [6.45, 7) is 6.58. The van der Waals surface area contributed by atoms with Crippen LogP contribution >= 0.6 is 0 Å². The average molecular weight is 390 g/mol. The molecule has 0 spiro atoms. The van der Waals surface area contributed by atoms with Crippen LogP contribution in [-0.4, -0.2) is 25.7 Å². The lowest BCUT2D eigenvalue weighted by Crippen LogP contribution is -2.36. The van der Waals surface area contributed by atoms with Crippen LogP contribution < -0.4 is 5.32 Å². The molecular formula is C23H27N5O. The van der Waals surface area contributed by atoms with Crippen LogP contribution in [0.4, 0.5) is 0 Å². The van der Waals surface area contributed by atoms with Crippen LogP contribution in [0.3, 0.4) is 0 Å². The third-order valence-electron chi connectivity index (χ3n) is 5.52. The van der Waals surface area contributed by atoms with Gasteiger partial charge in [0.1, 0.15) is 0 Å². The van der Waals surface area contributed by atoms with Crippen LogP contribution in [0.25, 0.3) is 5.69 Å². The standard InChI is InChI=1S/C23H27N5O/c1-16-4-7-18(8-5-16)28-21-13-23(2,3)12-20(19(21)15-26-28)27-22(29)9-6-17-14-24-10-11-25-17/h4-5,7-8,10-11,14-15,20H,6,9,12-13H2,1-3H3,(H,27,29)/t20-/m0/s1. The number of aromatic nitrogens is 4. The Morgan fingerprint density at radius 3 is 2.72 bits per heavy atom. The van der Waals surface area contributed by atoms with Crippen molar-refractivity contribution < 1.29 is 4.79 Å². The molecule has 1 amide bonds. The number of amides is 1. The van der Waals surface area contributed by atoms with Crippen molar-refractivity contribution in [2.24, 2.45) is 5.41 Å². The maximum atomic E-state index is 12.6. The van der Waals surface area contributed by atoms with E-state index in [1.54, 1.807) is 18.6 Å². The van der Waals surface area contributed by atoms with Crippen LogP contribution in [0.5, 0.6) is 0 Å². The van der Waals surface area contributed by atoms with Gasteiger partial charge < -0.3 is 5.32 Å². The summed E-state index contributed by atoms with van der Waals surface area (Å²) in [4.78, 5) is 20.9. The van der Waals surface area contributed by atoms with Crippen molar-refractivity contribution in [2.75, 3.05) is 0 Å². The van der Waals surface area contributed by atoms with Gasteiger partial charge in [-0.2, -0.15) is 5.10 Å². The van der Waals surface area contributed by atoms with Crippen LogP contribution in [0.1, 0.15) is 55.2 Å². The van der Waals surface area contributed by atoms with Gasteiger partial charge in [0.05, 0.1) is 29.3 Å². The third kappa shape index (κ3) is 4.36. The molecule has 1 atom stereocenters. The maximum Gasteiger partial charge on any atom is 0.220 e. The summed E-state index contributed by atoms with van der Waals surface area (Å²) in [6.07, 6.45) is 9.74. The van der Waals surface area contributed by atoms with Gasteiger partial charge in [-0.25, -0.2) is 4.68 Å². The summed E-state index contributed by atoms with van der Waals surface area (Å²) in [7, 11) is 0. The van der Waals surface area contributed by atoms with Crippen molar-refractivity contribution in [2.45, 2.75) is 52.5 Å². The third-order valence-corrected chi connectivity index (χ3v) is 5.52. The highest BCUT2D eigenvalue weighted by molar-refractivity contribution is 5.76. The maximum absolute atomic E-state index is 12.6. The monoisotopic (exact) mass is 389 g/mol. The van der Waals surface area contributed by atoms with Gasteiger partial charge in [0.15, 0.2) is 0 Å². The van der Waals surface area contributed by atoms with E-state index in [0.717, 1.165) is 29.8 Å². The zero-order chi connectivity index (χ0) is 20.4. The fraction of sp³-hybridized carbons (Fsp3) is 0.391. The van der Waals surface area contributed by atoms with Crippen LogP contribution in [-0.2, 0) is 17.6 Å². The molecule has 0 fully saturated rings. The van der Waals surface area contributed by atoms with Crippen LogP contribution in [0, 0.1) is 12.3 Å². The van der Waals surface area contributed by atoms with Crippen molar-refractivity contribution in [1.29, 1.82) is 0 Å². The van der Waals surface area contributed by atoms with E-state index >= 15 is 0 Å². The fourth-order valence-electron chi connectivity index (χ4n) is 4.05. The quantitative estimate of drug-likeness (QED) is 0.722. The van der Waals surface area contributed by atoms with E-state index in [1.165, 1.54) is 11.3 Å². The van der Waals surface area contributed by atoms with E-state index in [9.17, 15) is 4.79 Å². The Balaban J connectivity index is 1.53. The van der Waals surface area contributed by atoms with Gasteiger partial charge in [0.2, 0.25) is 5.91 Å². The van der Waals surface area contributed by atoms with E-state index in [2.05, 4.69) is 65.4 Å². The highest BCUT2D eigenvalue weighted by Crippen LogP contribution is 2.41. The minimum atomic E-state index is -0.0256. The van der Waals surface area contributed by atoms with Gasteiger partial charge >= 0.3 is 0 Å². The van der Waals surface area contributed by atoms with Gasteiger partial charge in [0, 0.05) is 30.6 Å². The number of hydrogen-bond donors (Lipinski definition) is 1. The van der Waals surface area contributed by atoms with Crippen LogP contribution in [0.15, 0.2) is 49.1 Å². The number of benzene rings is 1. The fourth-order valence-corrected chi connectivity index (χ4v) is 4.05. The van der Waals surface area contributed by atoms with E-state index in [1.807, 2.05) is 10.9 Å². The lowest BCUT2D eigenvalue weighted by Gasteiger charge is -2.36. The number of carbonyl (C=O) groups is 1. The zero-order valence-corrected chi connectivity index (χ0v) is 17.2. The lowest BCUT2D eigenvalue weighted by molar-refractivity contribution is -0.122. The molecule has 2 heterocycles. The van der Waals surface area contributed by atoms with E-state index in [-0.39, 0.29) is 17.4 Å². The summed E-state index contributed by atoms with van der Waals surface area (Å²) in [5.41, 5.74) is 5.51. The molecule has 150 valence electrons. The second-order valence-electron chi connectivity index (χ2n) is 8.66. The first-order valence-corrected chi connectivity index (χ1v) is 10.1. The molecule has 0 unspecified atom stereocenters. The summed E-state index contributed by atoms with van der Waals surface area (Å²) >= 11 is 0. The highest BCUT2D eigenvalue weighted by Gasteiger charge is 2.35. The Morgan fingerprint density at radius 1 is 1.21 bits per heavy atom. The Bertz CT molecular complexity index is 992. The molecule has 0 aliphatic heterocycles. The molecule has 6 heteroatoms. The van der Waals surface area contributed by atoms with Crippen molar-refractivity contribution in [3.8, 4) is 5.69 Å². The second kappa shape index (κ2) is 7.78. The van der Waals surface area contributed by atoms with Crippen molar-refractivity contribution >= 4 is 5.91 Å². The first-order chi connectivity index (χ1) is 13.9. The predicted octanol–water partition coefficient (Wildman–Crippen LogP) is 3.73. The van der Waals surface area contributed by atoms with Gasteiger partial charge in [0.25, 0.3) is 0 Å². The highest BCUT2D eigenvalue weighted by atomic mass is 16.1. The van der Waals surface area contributed by atoms with E-state index in [0.29, 0.717) is 12.8 Å². The number of rotatable bonds is 5. The molecule has 0 radical (unpaired) electrons. The van der Waals surface area contributed by atoms with Gasteiger partial charge in [-0.05, 0) is 43.7 Å². The Hall–Kier alpha value is -3.02. The molecule has 1 aliphatic carbocycles. The second-order valence-corrected chi connectivity index (χ2v) is 8.66. The minimum Gasteiger partial charge on any atom is -0.349 e. The molecule has 1 aliphatic rings. The molecule has 6 nitrogen and oxygen atoms in total. The molecule has 3 aromatic rings. The smallest absolute Gasteiger partial charge is 0.220 e. The number of nitrogens with one attached hydrogen (secondary N) is 1. The molecule has 1 N–H and O–H groups in total. The molecule has 29 heavy (non-hydrogen) atoms. The topological polar surface area (TPSA) is 72.7 Å². The van der Waals surface area contributed by atoms with E-state index < -0.39 is 0 Å². The van der Waals surface area contributed by atoms with E-state index in [4.69, 9.17) is 0 Å². The normalized spacial score (nSPS) is 17.6. The van der Waals surface area contributed by atoms with Gasteiger partial charge in [-0.15, -0.1) is 0 Å². The van der Waals surface area contributed by atoms with Crippen LogP contribution in [0.2, 0.25) is 0 Å². The summed E-state index contributed by atoms with van der Waals surface area (Å²) < 4.78 is 2.02. The molecule has 4 rings (SSSR count). The molecule has 1 aromatic carbocycles. The molecule has 0 bridgehead atoms. The first kappa shape index (κ1) is 19.3. The Labute approximate surface area is 171 Å². The minimum absolute atomic E-state index is 0.0256. The Kier molecular flexibility index (Phi) is 5.18. The largest absolute Gasteiger partial charge is 0.349 e.